The summed E-state index contributed by atoms with van der Waals surface area (Å²) in [4.78, 5) is 1.35. The highest BCUT2D eigenvalue weighted by atomic mass is 79.9. The van der Waals surface area contributed by atoms with Gasteiger partial charge >= 0.3 is 0 Å². The second-order valence-electron chi connectivity index (χ2n) is 4.97. The molecule has 1 heterocycles. The van der Waals surface area contributed by atoms with E-state index in [2.05, 4.69) is 57.6 Å². The monoisotopic (exact) mass is 379 g/mol. The summed E-state index contributed by atoms with van der Waals surface area (Å²) in [5.41, 5.74) is 1.16. The third-order valence-corrected chi connectivity index (χ3v) is 5.65. The molecule has 0 aliphatic heterocycles. The van der Waals surface area contributed by atoms with E-state index in [1.807, 2.05) is 30.5 Å². The molecule has 1 unspecified atom stereocenters. The van der Waals surface area contributed by atoms with E-state index >= 15 is 0 Å². The van der Waals surface area contributed by atoms with E-state index < -0.39 is 0 Å². The molecular formula is C17H15BrClNS. The molecule has 0 aliphatic rings. The van der Waals surface area contributed by atoms with Crippen molar-refractivity contribution in [1.29, 1.82) is 0 Å². The van der Waals surface area contributed by atoms with Crippen LogP contribution >= 0.6 is 38.9 Å². The quantitative estimate of drug-likeness (QED) is 0.601. The van der Waals surface area contributed by atoms with Crippen molar-refractivity contribution in [3.05, 3.63) is 68.5 Å². The minimum absolute atomic E-state index is 0.279. The van der Waals surface area contributed by atoms with Gasteiger partial charge in [0, 0.05) is 25.1 Å². The number of thiophene rings is 1. The number of benzene rings is 2. The molecule has 0 saturated carbocycles. The number of halogens is 2. The SMILES string of the molecule is CNC(Cc1ccc(Br)cc1Cl)c1cc2ccccc2s1. The summed E-state index contributed by atoms with van der Waals surface area (Å²) >= 11 is 11.6. The molecule has 0 amide bonds. The molecular weight excluding hydrogens is 366 g/mol. The van der Waals surface area contributed by atoms with Crippen LogP contribution in [-0.4, -0.2) is 7.05 Å². The van der Waals surface area contributed by atoms with E-state index in [-0.39, 0.29) is 6.04 Å². The summed E-state index contributed by atoms with van der Waals surface area (Å²) in [5.74, 6) is 0. The standard InChI is InChI=1S/C17H15BrClNS/c1-20-15(8-11-6-7-13(18)10-14(11)19)17-9-12-4-2-3-5-16(12)21-17/h2-7,9-10,15,20H,8H2,1H3. The Kier molecular flexibility index (Phi) is 4.65. The summed E-state index contributed by atoms with van der Waals surface area (Å²) in [7, 11) is 2.00. The minimum atomic E-state index is 0.279. The average Bonchev–Trinajstić information content (AvgIpc) is 2.90. The van der Waals surface area contributed by atoms with Gasteiger partial charge in [-0.3, -0.25) is 0 Å². The third kappa shape index (κ3) is 3.32. The Morgan fingerprint density at radius 3 is 2.71 bits per heavy atom. The largest absolute Gasteiger partial charge is 0.312 e. The topological polar surface area (TPSA) is 12.0 Å². The highest BCUT2D eigenvalue weighted by Crippen LogP contribution is 2.33. The van der Waals surface area contributed by atoms with Crippen LogP contribution in [0.15, 0.2) is 53.0 Å². The fourth-order valence-corrected chi connectivity index (χ4v) is 4.35. The van der Waals surface area contributed by atoms with Crippen molar-refractivity contribution in [3.63, 3.8) is 0 Å². The molecule has 1 aromatic heterocycles. The molecule has 0 aliphatic carbocycles. The van der Waals surface area contributed by atoms with E-state index in [0.29, 0.717) is 0 Å². The molecule has 3 aromatic rings. The van der Waals surface area contributed by atoms with Crippen molar-refractivity contribution in [2.45, 2.75) is 12.5 Å². The van der Waals surface area contributed by atoms with Crippen molar-refractivity contribution < 1.29 is 0 Å². The minimum Gasteiger partial charge on any atom is -0.312 e. The molecule has 2 aromatic carbocycles. The summed E-state index contributed by atoms with van der Waals surface area (Å²) in [6.45, 7) is 0. The number of fused-ring (bicyclic) bond motifs is 1. The number of nitrogens with one attached hydrogen (secondary N) is 1. The van der Waals surface area contributed by atoms with E-state index in [4.69, 9.17) is 11.6 Å². The zero-order chi connectivity index (χ0) is 14.8. The molecule has 3 rings (SSSR count). The Morgan fingerprint density at radius 1 is 1.19 bits per heavy atom. The smallest absolute Gasteiger partial charge is 0.0454 e. The third-order valence-electron chi connectivity index (χ3n) is 3.58. The van der Waals surface area contributed by atoms with Crippen molar-refractivity contribution in [1.82, 2.24) is 5.32 Å². The molecule has 0 radical (unpaired) electrons. The molecule has 108 valence electrons. The predicted octanol–water partition coefficient (Wildman–Crippen LogP) is 5.82. The van der Waals surface area contributed by atoms with Gasteiger partial charge in [-0.05, 0) is 48.7 Å². The van der Waals surface area contributed by atoms with Crippen molar-refractivity contribution in [2.75, 3.05) is 7.05 Å². The Hall–Kier alpha value is -0.870. The van der Waals surface area contributed by atoms with Gasteiger partial charge in [0.15, 0.2) is 0 Å². The molecule has 0 spiro atoms. The van der Waals surface area contributed by atoms with Crippen LogP contribution in [-0.2, 0) is 6.42 Å². The van der Waals surface area contributed by atoms with E-state index in [9.17, 15) is 0 Å². The summed E-state index contributed by atoms with van der Waals surface area (Å²) in [6.07, 6.45) is 0.884. The normalized spacial score (nSPS) is 12.7. The molecule has 1 atom stereocenters. The van der Waals surface area contributed by atoms with E-state index in [1.165, 1.54) is 15.0 Å². The zero-order valence-corrected chi connectivity index (χ0v) is 14.7. The van der Waals surface area contributed by atoms with Crippen LogP contribution < -0.4 is 5.32 Å². The highest BCUT2D eigenvalue weighted by Gasteiger charge is 2.15. The molecule has 0 bridgehead atoms. The van der Waals surface area contributed by atoms with Crippen LogP contribution in [0, 0.1) is 0 Å². The number of rotatable bonds is 4. The molecule has 21 heavy (non-hydrogen) atoms. The Balaban J connectivity index is 1.90. The lowest BCUT2D eigenvalue weighted by molar-refractivity contribution is 0.602. The van der Waals surface area contributed by atoms with Crippen LogP contribution in [0.5, 0.6) is 0 Å². The maximum absolute atomic E-state index is 6.34. The van der Waals surface area contributed by atoms with Crippen LogP contribution in [0.25, 0.3) is 10.1 Å². The van der Waals surface area contributed by atoms with Crippen molar-refractivity contribution in [2.24, 2.45) is 0 Å². The number of hydrogen-bond acceptors (Lipinski definition) is 2. The molecule has 1 N–H and O–H groups in total. The van der Waals surface area contributed by atoms with Crippen LogP contribution in [0.3, 0.4) is 0 Å². The molecule has 4 heteroatoms. The first-order valence-corrected chi connectivity index (χ1v) is 8.76. The van der Waals surface area contributed by atoms with Gasteiger partial charge in [0.05, 0.1) is 0 Å². The van der Waals surface area contributed by atoms with E-state index in [1.54, 1.807) is 0 Å². The first-order chi connectivity index (χ1) is 10.2. The molecule has 0 fully saturated rings. The first-order valence-electron chi connectivity index (χ1n) is 6.77. The fourth-order valence-electron chi connectivity index (χ4n) is 2.43. The van der Waals surface area contributed by atoms with Gasteiger partial charge in [0.25, 0.3) is 0 Å². The number of hydrogen-bond donors (Lipinski definition) is 1. The first kappa shape index (κ1) is 15.0. The molecule has 1 nitrogen and oxygen atoms in total. The molecule has 0 saturated heterocycles. The predicted molar refractivity (Wildman–Crippen MR) is 96.5 cm³/mol. The van der Waals surface area contributed by atoms with Crippen LogP contribution in [0.2, 0.25) is 5.02 Å². The van der Waals surface area contributed by atoms with Gasteiger partial charge in [-0.1, -0.05) is 51.8 Å². The van der Waals surface area contributed by atoms with Crippen LogP contribution in [0.1, 0.15) is 16.5 Å². The van der Waals surface area contributed by atoms with Gasteiger partial charge in [-0.2, -0.15) is 0 Å². The second-order valence-corrected chi connectivity index (χ2v) is 7.41. The Labute approximate surface area is 142 Å². The lowest BCUT2D eigenvalue weighted by Crippen LogP contribution is -2.17. The van der Waals surface area contributed by atoms with Gasteiger partial charge in [0.2, 0.25) is 0 Å². The maximum atomic E-state index is 6.34. The van der Waals surface area contributed by atoms with Crippen molar-refractivity contribution >= 4 is 49.0 Å². The summed E-state index contributed by atoms with van der Waals surface area (Å²) < 4.78 is 2.34. The second kappa shape index (κ2) is 6.49. The highest BCUT2D eigenvalue weighted by molar-refractivity contribution is 9.10. The Bertz CT molecular complexity index is 735. The summed E-state index contributed by atoms with van der Waals surface area (Å²) in [5, 5.41) is 5.53. The number of likely N-dealkylation sites (N-methyl/N-ethyl adjacent to an activating group) is 1. The lowest BCUT2D eigenvalue weighted by Gasteiger charge is -2.15. The van der Waals surface area contributed by atoms with Crippen molar-refractivity contribution in [3.8, 4) is 0 Å². The average molecular weight is 381 g/mol. The van der Waals surface area contributed by atoms with Gasteiger partial charge in [-0.15, -0.1) is 11.3 Å². The van der Waals surface area contributed by atoms with Crippen LogP contribution in [0.4, 0.5) is 0 Å². The lowest BCUT2D eigenvalue weighted by atomic mass is 10.0. The Morgan fingerprint density at radius 2 is 2.00 bits per heavy atom. The zero-order valence-electron chi connectivity index (χ0n) is 11.6. The maximum Gasteiger partial charge on any atom is 0.0454 e. The fraction of sp³-hybridized carbons (Fsp3) is 0.176. The van der Waals surface area contributed by atoms with E-state index in [0.717, 1.165) is 21.5 Å². The van der Waals surface area contributed by atoms with Gasteiger partial charge < -0.3 is 5.32 Å². The van der Waals surface area contributed by atoms with Gasteiger partial charge in [0.1, 0.15) is 0 Å². The van der Waals surface area contributed by atoms with Gasteiger partial charge in [-0.25, -0.2) is 0 Å². The summed E-state index contributed by atoms with van der Waals surface area (Å²) in [6, 6.07) is 17.1.